The van der Waals surface area contributed by atoms with E-state index in [0.717, 1.165) is 23.2 Å². The Kier molecular flexibility index (Phi) is 6.52. The van der Waals surface area contributed by atoms with Gasteiger partial charge < -0.3 is 4.57 Å². The summed E-state index contributed by atoms with van der Waals surface area (Å²) < 4.78 is 44.2. The normalized spacial score (nSPS) is 12.5. The van der Waals surface area contributed by atoms with Crippen molar-refractivity contribution in [1.82, 2.24) is 14.3 Å². The Morgan fingerprint density at radius 2 is 1.67 bits per heavy atom. The zero-order chi connectivity index (χ0) is 23.4. The molecule has 2 N–H and O–H groups in total. The third-order valence-electron chi connectivity index (χ3n) is 5.23. The fourth-order valence-electron chi connectivity index (χ4n) is 3.64. The van der Waals surface area contributed by atoms with E-state index < -0.39 is 32.7 Å². The summed E-state index contributed by atoms with van der Waals surface area (Å²) in [5.41, 5.74) is 2.31. The minimum absolute atomic E-state index is 0.0761. The van der Waals surface area contributed by atoms with Crippen LogP contribution in [0.4, 0.5) is 10.3 Å². The number of carbonyl (C=O) groups excluding carboxylic acids is 1. The fraction of sp³-hybridized carbons (Fsp3) is 0.167. The van der Waals surface area contributed by atoms with Crippen LogP contribution < -0.4 is 10.0 Å². The molecule has 1 amide bonds. The molecule has 0 fully saturated rings. The average molecular weight is 467 g/mol. The Morgan fingerprint density at radius 1 is 1.00 bits per heavy atom. The highest BCUT2D eigenvalue weighted by molar-refractivity contribution is 7.89. The number of para-hydroxylation sites is 2. The first-order chi connectivity index (χ1) is 15.9. The van der Waals surface area contributed by atoms with Crippen LogP contribution in [-0.4, -0.2) is 29.9 Å². The number of hydrogen-bond donors (Lipinski definition) is 2. The van der Waals surface area contributed by atoms with Crippen molar-refractivity contribution in [3.63, 3.8) is 0 Å². The Hall–Kier alpha value is -3.56. The highest BCUT2D eigenvalue weighted by Gasteiger charge is 2.29. The summed E-state index contributed by atoms with van der Waals surface area (Å²) in [6, 6.07) is 20.3. The van der Waals surface area contributed by atoms with E-state index in [4.69, 9.17) is 0 Å². The smallest absolute Gasteiger partial charge is 0.245 e. The van der Waals surface area contributed by atoms with Crippen LogP contribution in [0.2, 0.25) is 0 Å². The molecule has 7 nitrogen and oxygen atoms in total. The van der Waals surface area contributed by atoms with E-state index in [1.807, 2.05) is 41.8 Å². The van der Waals surface area contributed by atoms with Gasteiger partial charge in [-0.3, -0.25) is 10.1 Å². The molecule has 0 radical (unpaired) electrons. The molecule has 33 heavy (non-hydrogen) atoms. The molecule has 4 rings (SSSR count). The number of amides is 1. The first-order valence-corrected chi connectivity index (χ1v) is 11.9. The molecule has 9 heteroatoms. The van der Waals surface area contributed by atoms with Crippen LogP contribution in [0.5, 0.6) is 0 Å². The summed E-state index contributed by atoms with van der Waals surface area (Å²) in [5, 5.41) is 2.75. The van der Waals surface area contributed by atoms with Gasteiger partial charge in [-0.1, -0.05) is 54.6 Å². The lowest BCUT2D eigenvalue weighted by molar-refractivity contribution is -0.117. The molecular weight excluding hydrogens is 443 g/mol. The predicted molar refractivity (Wildman–Crippen MR) is 125 cm³/mol. The summed E-state index contributed by atoms with van der Waals surface area (Å²) in [6.45, 7) is 2.48. The number of rotatable bonds is 8. The number of sulfonamides is 1. The molecule has 4 aromatic rings. The summed E-state index contributed by atoms with van der Waals surface area (Å²) in [6.07, 6.45) is 0.0761. The van der Waals surface area contributed by atoms with Crippen LogP contribution in [0.25, 0.3) is 11.0 Å². The minimum Gasteiger partial charge on any atom is -0.310 e. The van der Waals surface area contributed by atoms with Gasteiger partial charge in [-0.15, -0.1) is 0 Å². The van der Waals surface area contributed by atoms with Gasteiger partial charge in [-0.05, 0) is 43.2 Å². The molecule has 0 spiro atoms. The number of carbonyl (C=O) groups is 1. The number of halogens is 1. The Bertz CT molecular complexity index is 1390. The van der Waals surface area contributed by atoms with Gasteiger partial charge in [0.1, 0.15) is 16.8 Å². The number of nitrogens with zero attached hydrogens (tertiary/aromatic N) is 2. The van der Waals surface area contributed by atoms with Gasteiger partial charge in [0.15, 0.2) is 0 Å². The second kappa shape index (κ2) is 9.51. The second-order valence-corrected chi connectivity index (χ2v) is 9.13. The van der Waals surface area contributed by atoms with Crippen LogP contribution in [0.15, 0.2) is 83.8 Å². The number of nitrogens with one attached hydrogen (secondary N) is 2. The van der Waals surface area contributed by atoms with Crippen molar-refractivity contribution < 1.29 is 17.6 Å². The number of fused-ring (bicyclic) bond motifs is 1. The van der Waals surface area contributed by atoms with E-state index in [1.54, 1.807) is 24.3 Å². The number of aryl methyl sites for hydroxylation is 1. The van der Waals surface area contributed by atoms with Gasteiger partial charge in [0.05, 0.1) is 11.0 Å². The third-order valence-corrected chi connectivity index (χ3v) is 6.73. The molecule has 1 heterocycles. The number of hydrogen-bond acceptors (Lipinski definition) is 4. The Labute approximate surface area is 191 Å². The van der Waals surface area contributed by atoms with Crippen molar-refractivity contribution in [2.24, 2.45) is 0 Å². The molecule has 0 aliphatic rings. The van der Waals surface area contributed by atoms with Crippen molar-refractivity contribution in [2.45, 2.75) is 30.8 Å². The highest BCUT2D eigenvalue weighted by Crippen LogP contribution is 2.20. The maximum Gasteiger partial charge on any atom is 0.245 e. The molecule has 3 aromatic carbocycles. The molecule has 0 bridgehead atoms. The zero-order valence-electron chi connectivity index (χ0n) is 17.9. The average Bonchev–Trinajstić information content (AvgIpc) is 3.16. The van der Waals surface area contributed by atoms with Crippen LogP contribution in [0, 0.1) is 5.82 Å². The van der Waals surface area contributed by atoms with Gasteiger partial charge in [-0.2, -0.15) is 4.72 Å². The molecule has 170 valence electrons. The summed E-state index contributed by atoms with van der Waals surface area (Å²) in [4.78, 5) is 17.2. The lowest BCUT2D eigenvalue weighted by Gasteiger charge is -2.19. The first kappa shape index (κ1) is 22.6. The molecule has 1 atom stereocenters. The number of benzene rings is 3. The predicted octanol–water partition coefficient (Wildman–Crippen LogP) is 3.72. The molecule has 0 saturated heterocycles. The maximum absolute atomic E-state index is 14.2. The van der Waals surface area contributed by atoms with Crippen LogP contribution in [-0.2, 0) is 27.8 Å². The van der Waals surface area contributed by atoms with Crippen molar-refractivity contribution in [3.05, 3.63) is 90.2 Å². The summed E-state index contributed by atoms with van der Waals surface area (Å²) in [7, 11) is -4.30. The summed E-state index contributed by atoms with van der Waals surface area (Å²) >= 11 is 0. The molecule has 0 saturated carbocycles. The fourth-order valence-corrected chi connectivity index (χ4v) is 4.91. The molecule has 1 unspecified atom stereocenters. The van der Waals surface area contributed by atoms with Crippen molar-refractivity contribution >= 4 is 32.9 Å². The van der Waals surface area contributed by atoms with Crippen molar-refractivity contribution in [2.75, 3.05) is 5.32 Å². The van der Waals surface area contributed by atoms with Crippen molar-refractivity contribution in [3.8, 4) is 0 Å². The number of anilines is 1. The largest absolute Gasteiger partial charge is 0.310 e. The van der Waals surface area contributed by atoms with E-state index in [1.165, 1.54) is 12.1 Å². The van der Waals surface area contributed by atoms with Gasteiger partial charge in [0.2, 0.25) is 21.9 Å². The second-order valence-electron chi connectivity index (χ2n) is 7.45. The van der Waals surface area contributed by atoms with E-state index >= 15 is 0 Å². The molecule has 1 aromatic heterocycles. The Balaban J connectivity index is 1.66. The standard InChI is InChI=1S/C24H23FN4O3S/c1-2-29-21-14-8-7-13-19(21)26-24(29)27-23(30)20(16-17-10-4-3-5-11-17)28-33(31,32)22-15-9-6-12-18(22)25/h3-15,20,28H,2,16H2,1H3,(H,26,27,30). The third kappa shape index (κ3) is 4.94. The quantitative estimate of drug-likeness (QED) is 0.414. The van der Waals surface area contributed by atoms with Gasteiger partial charge in [0, 0.05) is 6.54 Å². The minimum atomic E-state index is -4.30. The lowest BCUT2D eigenvalue weighted by Crippen LogP contribution is -2.45. The zero-order valence-corrected chi connectivity index (χ0v) is 18.7. The van der Waals surface area contributed by atoms with Crippen LogP contribution >= 0.6 is 0 Å². The van der Waals surface area contributed by atoms with E-state index in [-0.39, 0.29) is 6.42 Å². The van der Waals surface area contributed by atoms with Gasteiger partial charge in [-0.25, -0.2) is 17.8 Å². The van der Waals surface area contributed by atoms with Gasteiger partial charge in [0.25, 0.3) is 0 Å². The van der Waals surface area contributed by atoms with E-state index in [2.05, 4.69) is 15.0 Å². The molecular formula is C24H23FN4O3S. The van der Waals surface area contributed by atoms with Crippen LogP contribution in [0.1, 0.15) is 12.5 Å². The van der Waals surface area contributed by atoms with Crippen LogP contribution in [0.3, 0.4) is 0 Å². The monoisotopic (exact) mass is 466 g/mol. The lowest BCUT2D eigenvalue weighted by atomic mass is 10.1. The number of aromatic nitrogens is 2. The Morgan fingerprint density at radius 3 is 2.39 bits per heavy atom. The summed E-state index contributed by atoms with van der Waals surface area (Å²) in [5.74, 6) is -1.17. The van der Waals surface area contributed by atoms with E-state index in [0.29, 0.717) is 18.0 Å². The topological polar surface area (TPSA) is 93.1 Å². The maximum atomic E-state index is 14.2. The molecule has 0 aliphatic carbocycles. The highest BCUT2D eigenvalue weighted by atomic mass is 32.2. The SMILES string of the molecule is CCn1c(NC(=O)C(Cc2ccccc2)NS(=O)(=O)c2ccccc2F)nc2ccccc21. The molecule has 0 aliphatic heterocycles. The number of imidazole rings is 1. The van der Waals surface area contributed by atoms with Gasteiger partial charge >= 0.3 is 0 Å². The first-order valence-electron chi connectivity index (χ1n) is 10.5. The van der Waals surface area contributed by atoms with E-state index in [9.17, 15) is 17.6 Å². The van der Waals surface area contributed by atoms with Crippen molar-refractivity contribution in [1.29, 1.82) is 0 Å².